The highest BCUT2D eigenvalue weighted by Crippen LogP contribution is 2.24. The number of aromatic nitrogens is 2. The van der Waals surface area contributed by atoms with Gasteiger partial charge in [-0.05, 0) is 24.3 Å². The predicted molar refractivity (Wildman–Crippen MR) is 69.2 cm³/mol. The maximum atomic E-state index is 12.1. The van der Waals surface area contributed by atoms with E-state index in [2.05, 4.69) is 5.10 Å². The van der Waals surface area contributed by atoms with Gasteiger partial charge < -0.3 is 4.74 Å². The van der Waals surface area contributed by atoms with Crippen LogP contribution in [0.4, 0.5) is 0 Å². The first-order valence-corrected chi connectivity index (χ1v) is 5.83. The number of nitrogens with zero attached hydrogens (tertiary/aromatic N) is 2. The summed E-state index contributed by atoms with van der Waals surface area (Å²) in [5, 5.41) is 4.56. The molecule has 4 nitrogen and oxygen atoms in total. The topological polar surface area (TPSA) is 44.1 Å². The summed E-state index contributed by atoms with van der Waals surface area (Å²) in [6.45, 7) is 0. The molecular formula is C13H13ClN2O2. The number of hydrogen-bond donors (Lipinski definition) is 0. The molecule has 18 heavy (non-hydrogen) atoms. The largest absolute Gasteiger partial charge is 0.496 e. The van der Waals surface area contributed by atoms with E-state index in [-0.39, 0.29) is 12.2 Å². The quantitative estimate of drug-likeness (QED) is 0.797. The van der Waals surface area contributed by atoms with Crippen molar-refractivity contribution in [2.45, 2.75) is 6.42 Å². The average molecular weight is 265 g/mol. The highest BCUT2D eigenvalue weighted by Gasteiger charge is 2.14. The number of carbonyl (C=O) groups excluding carboxylic acids is 1. The zero-order valence-electron chi connectivity index (χ0n) is 10.2. The van der Waals surface area contributed by atoms with Crippen LogP contribution in [0, 0.1) is 0 Å². The van der Waals surface area contributed by atoms with E-state index in [0.717, 1.165) is 5.56 Å². The lowest BCUT2D eigenvalue weighted by Gasteiger charge is -2.08. The molecule has 0 aliphatic carbocycles. The molecule has 0 unspecified atom stereocenters. The molecule has 1 aromatic heterocycles. The second-order valence-corrected chi connectivity index (χ2v) is 4.33. The molecule has 0 N–H and O–H groups in total. The molecule has 0 atom stereocenters. The van der Waals surface area contributed by atoms with Crippen molar-refractivity contribution in [3.8, 4) is 5.75 Å². The SMILES string of the molecule is COc1ccc(Cl)cc1CC(=O)c1ccnn1C. The molecule has 1 heterocycles. The average Bonchev–Trinajstić information content (AvgIpc) is 2.76. The van der Waals surface area contributed by atoms with Crippen LogP contribution in [0.1, 0.15) is 16.1 Å². The Morgan fingerprint density at radius 1 is 1.44 bits per heavy atom. The lowest BCUT2D eigenvalue weighted by atomic mass is 10.1. The number of ether oxygens (including phenoxy) is 1. The molecule has 1 aromatic carbocycles. The first-order chi connectivity index (χ1) is 8.61. The summed E-state index contributed by atoms with van der Waals surface area (Å²) in [5.74, 6) is 0.644. The first kappa shape index (κ1) is 12.6. The Hall–Kier alpha value is -1.81. The molecule has 2 aromatic rings. The molecule has 0 aliphatic heterocycles. The third-order valence-corrected chi connectivity index (χ3v) is 2.94. The molecule has 94 valence electrons. The standard InChI is InChI=1S/C13H13ClN2O2/c1-16-11(5-6-15-16)12(17)8-9-7-10(14)3-4-13(9)18-2/h3-7H,8H2,1-2H3. The van der Waals surface area contributed by atoms with Crippen LogP contribution in [-0.2, 0) is 13.5 Å². The number of benzene rings is 1. The van der Waals surface area contributed by atoms with Crippen molar-refractivity contribution in [3.63, 3.8) is 0 Å². The van der Waals surface area contributed by atoms with Crippen LogP contribution in [-0.4, -0.2) is 22.7 Å². The fourth-order valence-corrected chi connectivity index (χ4v) is 1.99. The van der Waals surface area contributed by atoms with Crippen molar-refractivity contribution in [2.75, 3.05) is 7.11 Å². The van der Waals surface area contributed by atoms with Crippen LogP contribution < -0.4 is 4.74 Å². The summed E-state index contributed by atoms with van der Waals surface area (Å²) in [4.78, 5) is 12.1. The molecular weight excluding hydrogens is 252 g/mol. The van der Waals surface area contributed by atoms with Crippen LogP contribution in [0.15, 0.2) is 30.5 Å². The molecule has 0 fully saturated rings. The summed E-state index contributed by atoms with van der Waals surface area (Å²) < 4.78 is 6.77. The van der Waals surface area contributed by atoms with Crippen LogP contribution in [0.25, 0.3) is 0 Å². The van der Waals surface area contributed by atoms with Crippen molar-refractivity contribution < 1.29 is 9.53 Å². The van der Waals surface area contributed by atoms with Crippen molar-refractivity contribution >= 4 is 17.4 Å². The lowest BCUT2D eigenvalue weighted by Crippen LogP contribution is -2.10. The third kappa shape index (κ3) is 2.54. The van der Waals surface area contributed by atoms with E-state index in [1.165, 1.54) is 0 Å². The van der Waals surface area contributed by atoms with Gasteiger partial charge in [0.05, 0.1) is 7.11 Å². The van der Waals surface area contributed by atoms with Crippen LogP contribution in [0.3, 0.4) is 0 Å². The van der Waals surface area contributed by atoms with Gasteiger partial charge in [-0.3, -0.25) is 9.48 Å². The van der Waals surface area contributed by atoms with Gasteiger partial charge in [0, 0.05) is 30.3 Å². The van der Waals surface area contributed by atoms with Crippen LogP contribution in [0.5, 0.6) is 5.75 Å². The summed E-state index contributed by atoms with van der Waals surface area (Å²) in [5.41, 5.74) is 1.34. The number of aryl methyl sites for hydroxylation is 1. The van der Waals surface area contributed by atoms with E-state index in [4.69, 9.17) is 16.3 Å². The van der Waals surface area contributed by atoms with Crippen LogP contribution in [0.2, 0.25) is 5.02 Å². The smallest absolute Gasteiger partial charge is 0.185 e. The number of rotatable bonds is 4. The van der Waals surface area contributed by atoms with Gasteiger partial charge in [0.1, 0.15) is 11.4 Å². The Balaban J connectivity index is 2.27. The minimum Gasteiger partial charge on any atom is -0.496 e. The summed E-state index contributed by atoms with van der Waals surface area (Å²) in [6.07, 6.45) is 1.84. The molecule has 0 aliphatic rings. The molecule has 0 spiro atoms. The van der Waals surface area contributed by atoms with Gasteiger partial charge in [0.25, 0.3) is 0 Å². The van der Waals surface area contributed by atoms with E-state index >= 15 is 0 Å². The highest BCUT2D eigenvalue weighted by atomic mass is 35.5. The number of methoxy groups -OCH3 is 1. The Labute approximate surface area is 110 Å². The summed E-state index contributed by atoms with van der Waals surface area (Å²) in [7, 11) is 3.31. The Morgan fingerprint density at radius 3 is 2.83 bits per heavy atom. The monoisotopic (exact) mass is 264 g/mol. The summed E-state index contributed by atoms with van der Waals surface area (Å²) in [6, 6.07) is 6.93. The molecule has 0 saturated carbocycles. The van der Waals surface area contributed by atoms with Gasteiger partial charge in [-0.1, -0.05) is 11.6 Å². The van der Waals surface area contributed by atoms with Crippen molar-refractivity contribution in [3.05, 3.63) is 46.7 Å². The Morgan fingerprint density at radius 2 is 2.22 bits per heavy atom. The number of halogens is 1. The maximum absolute atomic E-state index is 12.1. The van der Waals surface area contributed by atoms with E-state index in [1.807, 2.05) is 0 Å². The fourth-order valence-electron chi connectivity index (χ4n) is 1.80. The molecule has 0 bridgehead atoms. The van der Waals surface area contributed by atoms with E-state index in [0.29, 0.717) is 16.5 Å². The van der Waals surface area contributed by atoms with Gasteiger partial charge in [0.2, 0.25) is 0 Å². The van der Waals surface area contributed by atoms with Gasteiger partial charge in [-0.15, -0.1) is 0 Å². The molecule has 0 amide bonds. The second-order valence-electron chi connectivity index (χ2n) is 3.90. The minimum absolute atomic E-state index is 0.0180. The maximum Gasteiger partial charge on any atom is 0.185 e. The highest BCUT2D eigenvalue weighted by molar-refractivity contribution is 6.30. The molecule has 0 radical (unpaired) electrons. The van der Waals surface area contributed by atoms with Crippen molar-refractivity contribution in [1.29, 1.82) is 0 Å². The van der Waals surface area contributed by atoms with Gasteiger partial charge in [-0.2, -0.15) is 5.10 Å². The third-order valence-electron chi connectivity index (χ3n) is 2.70. The lowest BCUT2D eigenvalue weighted by molar-refractivity contribution is 0.0983. The van der Waals surface area contributed by atoms with E-state index < -0.39 is 0 Å². The zero-order chi connectivity index (χ0) is 13.1. The van der Waals surface area contributed by atoms with Gasteiger partial charge in [0.15, 0.2) is 5.78 Å². The van der Waals surface area contributed by atoms with Crippen molar-refractivity contribution in [2.24, 2.45) is 7.05 Å². The van der Waals surface area contributed by atoms with Gasteiger partial charge in [-0.25, -0.2) is 0 Å². The van der Waals surface area contributed by atoms with E-state index in [9.17, 15) is 4.79 Å². The normalized spacial score (nSPS) is 10.4. The number of hydrogen-bond acceptors (Lipinski definition) is 3. The molecule has 0 saturated heterocycles. The molecule has 2 rings (SSSR count). The van der Waals surface area contributed by atoms with E-state index in [1.54, 1.807) is 49.3 Å². The predicted octanol–water partition coefficient (Wildman–Crippen LogP) is 2.51. The second kappa shape index (κ2) is 5.23. The van der Waals surface area contributed by atoms with Crippen molar-refractivity contribution in [1.82, 2.24) is 9.78 Å². The van der Waals surface area contributed by atoms with Crippen LogP contribution >= 0.6 is 11.6 Å². The summed E-state index contributed by atoms with van der Waals surface area (Å²) >= 11 is 5.93. The number of carbonyl (C=O) groups is 1. The Kier molecular flexibility index (Phi) is 3.67. The number of Topliss-reactive ketones (excluding diaryl/α,β-unsaturated/α-hetero) is 1. The van der Waals surface area contributed by atoms with Gasteiger partial charge >= 0.3 is 0 Å². The fraction of sp³-hybridized carbons (Fsp3) is 0.231. The Bertz CT molecular complexity index is 578. The molecule has 5 heteroatoms. The minimum atomic E-state index is -0.0180. The number of ketones is 1. The zero-order valence-corrected chi connectivity index (χ0v) is 10.9. The first-order valence-electron chi connectivity index (χ1n) is 5.45.